The number of methoxy groups -OCH3 is 1. The van der Waals surface area contributed by atoms with Crippen molar-refractivity contribution in [3.05, 3.63) is 122 Å². The van der Waals surface area contributed by atoms with Gasteiger partial charge in [-0.05, 0) is 88.2 Å². The molecule has 2 aromatic heterocycles. The van der Waals surface area contributed by atoms with E-state index >= 15 is 4.39 Å². The summed E-state index contributed by atoms with van der Waals surface area (Å²) >= 11 is 11.5. The maximum absolute atomic E-state index is 15.4. The first-order valence-corrected chi connectivity index (χ1v) is 30.1. The monoisotopic (exact) mass is 1150 g/mol. The second-order valence-electron chi connectivity index (χ2n) is 19.8. The van der Waals surface area contributed by atoms with E-state index < -0.39 is 91.5 Å². The summed E-state index contributed by atoms with van der Waals surface area (Å²) in [6.45, 7) is 14.3. The molecular weight excluding hydrogens is 1090 g/mol. The van der Waals surface area contributed by atoms with Gasteiger partial charge in [-0.3, -0.25) is 9.97 Å². The number of benzene rings is 2. The molecule has 2 aliphatic heterocycles. The van der Waals surface area contributed by atoms with Crippen molar-refractivity contribution in [2.75, 3.05) is 46.0 Å². The van der Waals surface area contributed by atoms with E-state index in [1.807, 2.05) is 0 Å². The zero-order chi connectivity index (χ0) is 55.5. The molecule has 16 nitrogen and oxygen atoms in total. The Morgan fingerprint density at radius 2 is 1.28 bits per heavy atom. The zero-order valence-corrected chi connectivity index (χ0v) is 46.5. The van der Waals surface area contributed by atoms with Crippen LogP contribution in [0.3, 0.4) is 0 Å². The van der Waals surface area contributed by atoms with E-state index in [9.17, 15) is 39.2 Å². The Morgan fingerprint density at radius 3 is 1.75 bits per heavy atom. The highest BCUT2D eigenvalue weighted by atomic mass is 35.5. The minimum atomic E-state index is -4.16. The van der Waals surface area contributed by atoms with Gasteiger partial charge in [-0.15, -0.1) is 0 Å². The van der Waals surface area contributed by atoms with Gasteiger partial charge in [0.1, 0.15) is 74.7 Å². The number of amides is 1. The summed E-state index contributed by atoms with van der Waals surface area (Å²) in [5.41, 5.74) is 1.41. The van der Waals surface area contributed by atoms with Crippen molar-refractivity contribution in [2.24, 2.45) is 15.7 Å². The van der Waals surface area contributed by atoms with Crippen molar-refractivity contribution in [1.29, 1.82) is 0 Å². The number of aromatic nitrogens is 2. The molecule has 75 heavy (non-hydrogen) atoms. The number of nitrogens with two attached hydrogens (primary N) is 1. The van der Waals surface area contributed by atoms with Crippen LogP contribution < -0.4 is 10.5 Å². The average molecular weight is 1150 g/mol. The van der Waals surface area contributed by atoms with Gasteiger partial charge < -0.3 is 19.9 Å². The molecule has 0 fully saturated rings. The number of sulfonamides is 2. The first-order chi connectivity index (χ1) is 34.1. The number of carbonyl (C=O) groups excluding carboxylic acids is 1. The summed E-state index contributed by atoms with van der Waals surface area (Å²) in [4.78, 5) is 30.7. The molecule has 0 unspecified atom stereocenters. The largest absolute Gasteiger partial charge is 0.495 e. The summed E-state index contributed by atoms with van der Waals surface area (Å²) in [6, 6.07) is 10.3. The molecule has 410 valence electrons. The van der Waals surface area contributed by atoms with Crippen LogP contribution in [0.15, 0.2) is 70.9 Å². The fourth-order valence-electron chi connectivity index (χ4n) is 7.18. The van der Waals surface area contributed by atoms with Gasteiger partial charge >= 0.3 is 6.09 Å². The topological polar surface area (TPSA) is 199 Å². The van der Waals surface area contributed by atoms with Crippen molar-refractivity contribution in [3.63, 3.8) is 0 Å². The van der Waals surface area contributed by atoms with Gasteiger partial charge in [-0.1, -0.05) is 62.4 Å². The molecule has 4 aromatic rings. The van der Waals surface area contributed by atoms with Gasteiger partial charge in [0.2, 0.25) is 32.0 Å². The first-order valence-electron chi connectivity index (χ1n) is 22.4. The predicted molar refractivity (Wildman–Crippen MR) is 286 cm³/mol. The molecule has 2 aromatic carbocycles. The molecule has 26 heteroatoms. The molecule has 0 saturated carbocycles. The Balaban J connectivity index is 0.000000342. The third-order valence-electron chi connectivity index (χ3n) is 11.2. The lowest BCUT2D eigenvalue weighted by Gasteiger charge is -2.39. The van der Waals surface area contributed by atoms with Crippen LogP contribution in [0.5, 0.6) is 5.75 Å². The maximum Gasteiger partial charge on any atom is 0.419 e. The highest BCUT2D eigenvalue weighted by Gasteiger charge is 2.46. The van der Waals surface area contributed by atoms with E-state index in [4.69, 9.17) is 43.1 Å². The van der Waals surface area contributed by atoms with Crippen LogP contribution in [0.4, 0.5) is 26.7 Å². The Labute approximate surface area is 446 Å². The number of hydrogen-bond donors (Lipinski definition) is 1. The molecule has 4 heterocycles. The lowest BCUT2D eigenvalue weighted by atomic mass is 9.92. The van der Waals surface area contributed by atoms with E-state index in [0.717, 1.165) is 56.1 Å². The molecule has 0 bridgehead atoms. The summed E-state index contributed by atoms with van der Waals surface area (Å²) in [5, 5.41) is -0.0532. The lowest BCUT2D eigenvalue weighted by Crippen LogP contribution is -2.56. The molecule has 6 rings (SSSR count). The number of ether oxygens (including phenoxy) is 3. The molecule has 0 aliphatic carbocycles. The predicted octanol–water partition coefficient (Wildman–Crippen LogP) is 10.7. The summed E-state index contributed by atoms with van der Waals surface area (Å²) in [7, 11) is -5.55. The van der Waals surface area contributed by atoms with Crippen LogP contribution >= 0.6 is 23.2 Å². The van der Waals surface area contributed by atoms with Gasteiger partial charge in [0, 0.05) is 58.2 Å². The number of pyridine rings is 2. The Morgan fingerprint density at radius 1 is 0.800 bits per heavy atom. The van der Waals surface area contributed by atoms with E-state index in [0.29, 0.717) is 6.61 Å². The molecule has 0 saturated heterocycles. The minimum Gasteiger partial charge on any atom is -0.495 e. The second-order valence-corrected chi connectivity index (χ2v) is 30.2. The van der Waals surface area contributed by atoms with Gasteiger partial charge in [-0.2, -0.15) is 0 Å². The number of halogens is 7. The van der Waals surface area contributed by atoms with Gasteiger partial charge in [0.25, 0.3) is 0 Å². The molecule has 1 amide bonds. The minimum absolute atomic E-state index is 0. The number of aliphatic imine (C=N–C) groups is 2. The zero-order valence-electron chi connectivity index (χ0n) is 42.4. The van der Waals surface area contributed by atoms with Crippen LogP contribution in [0.25, 0.3) is 23.8 Å². The van der Waals surface area contributed by atoms with Crippen molar-refractivity contribution >= 4 is 93.1 Å². The summed E-state index contributed by atoms with van der Waals surface area (Å²) < 4.78 is 143. The Bertz CT molecular complexity index is 3160. The van der Waals surface area contributed by atoms with Crippen LogP contribution in [-0.2, 0) is 40.6 Å². The van der Waals surface area contributed by atoms with Crippen LogP contribution in [-0.4, -0.2) is 118 Å². The molecular formula is C49H61Cl2F5N8O8S2Si. The average Bonchev–Trinajstić information content (AvgIpc) is 3.28. The third-order valence-corrected chi connectivity index (χ3v) is 17.4. The highest BCUT2D eigenvalue weighted by Crippen LogP contribution is 2.38. The van der Waals surface area contributed by atoms with E-state index in [-0.39, 0.29) is 75.5 Å². The van der Waals surface area contributed by atoms with Crippen molar-refractivity contribution in [3.8, 4) is 5.75 Å². The van der Waals surface area contributed by atoms with Gasteiger partial charge in [0.15, 0.2) is 0 Å². The van der Waals surface area contributed by atoms with Crippen LogP contribution in [0.1, 0.15) is 75.7 Å². The van der Waals surface area contributed by atoms with Crippen LogP contribution in [0, 0.1) is 17.5 Å². The molecule has 0 radical (unpaired) electrons. The number of hydrogen-bond acceptors (Lipinski definition) is 13. The number of rotatable bonds is 12. The quantitative estimate of drug-likeness (QED) is 0.0613. The summed E-state index contributed by atoms with van der Waals surface area (Å²) in [6.07, 6.45) is 3.44. The van der Waals surface area contributed by atoms with Crippen molar-refractivity contribution < 1.29 is 57.8 Å². The second kappa shape index (κ2) is 23.7. The van der Waals surface area contributed by atoms with Gasteiger partial charge in [0.05, 0.1) is 29.8 Å². The number of nitrogens with zero attached hydrogens (tertiary/aromatic N) is 7. The maximum atomic E-state index is 15.4. The molecule has 2 aliphatic rings. The fraction of sp³-hybridized carbons (Fsp3) is 0.408. The third kappa shape index (κ3) is 15.5. The smallest absolute Gasteiger partial charge is 0.419 e. The SMILES string of the molecule is C.CN1C(N(COCC[Si](C)(C)C)C(=O)OC(C)(C)C)=N[C@](C)(c2cc(/C=C(\F)c3cc(F)c(Cl)cn3)ccc2F)CS1(=O)=O.COc1cc(/C(F)=C/c2ccc(F)c([C@]3(C)CS(=O)(=O)N(C)C(N)=N3)c2)ncc1Cl. The van der Waals surface area contributed by atoms with E-state index in [2.05, 4.69) is 39.6 Å². The molecule has 2 N–H and O–H groups in total. The number of carbonyl (C=O) groups is 1. The first kappa shape index (κ1) is 61.9. The van der Waals surface area contributed by atoms with Gasteiger partial charge in [-0.25, -0.2) is 67.1 Å². The number of guanidine groups is 2. The Kier molecular flexibility index (Phi) is 19.6. The Hall–Kier alpha value is -5.66. The lowest BCUT2D eigenvalue weighted by molar-refractivity contribution is 0.00804. The van der Waals surface area contributed by atoms with E-state index in [1.54, 1.807) is 20.8 Å². The van der Waals surface area contributed by atoms with Crippen LogP contribution in [0.2, 0.25) is 35.7 Å². The molecule has 0 spiro atoms. The molecule has 2 atom stereocenters. The standard InChI is InChI=1S/C29H38ClF3N4O5SSi.C19H19ClF2N4O3S.CH4/c1-28(2,3)42-27(38)37(18-41-11-12-44(6,7)8)26-35-29(4,17-43(39,40)36(26)5)20-13-19(9-10-22(20)31)14-24(33)25-15-23(32)21(30)16-34-25;1-19(10-30(27,28)26(2)18(23)25-19)12-6-11(4-5-14(12)21)7-15(22)16-8-17(29-3)13(20)9-24-16;/h9-10,13-16H,11-12,17-18H2,1-8H3;4-9H,10H2,1-3H3,(H2,23,25);1H4/b24-14-;15-7-;/t29-;19-;/m00./s1. The van der Waals surface area contributed by atoms with Crippen molar-refractivity contribution in [1.82, 2.24) is 23.5 Å². The fourth-order valence-corrected chi connectivity index (χ4v) is 11.2. The highest BCUT2D eigenvalue weighted by molar-refractivity contribution is 7.90. The van der Waals surface area contributed by atoms with Crippen molar-refractivity contribution in [2.45, 2.75) is 84.4 Å². The van der Waals surface area contributed by atoms with E-state index in [1.165, 1.54) is 71.6 Å². The summed E-state index contributed by atoms with van der Waals surface area (Å²) in [5.74, 6) is -5.49. The normalized spacial score (nSPS) is 19.7.